The van der Waals surface area contributed by atoms with Crippen molar-refractivity contribution in [2.24, 2.45) is 5.92 Å². The minimum Gasteiger partial charge on any atom is -0.421 e. The molecular weight excluding hydrogens is 340 g/mol. The molecule has 1 saturated heterocycles. The molecule has 2 amide bonds. The van der Waals surface area contributed by atoms with Crippen LogP contribution in [0, 0.1) is 5.92 Å². The number of hydrogen-bond acceptors (Lipinski definition) is 5. The fraction of sp³-hybridized carbons (Fsp3) is 0.167. The topological polar surface area (TPSA) is 79.6 Å². The van der Waals surface area contributed by atoms with E-state index in [1.165, 1.54) is 11.3 Å². The van der Waals surface area contributed by atoms with E-state index in [1.54, 1.807) is 35.2 Å². The molecule has 0 saturated carbocycles. The number of benzene rings is 1. The van der Waals surface area contributed by atoms with Crippen molar-refractivity contribution in [1.82, 2.24) is 4.90 Å². The Labute approximate surface area is 146 Å². The van der Waals surface area contributed by atoms with Crippen LogP contribution in [-0.4, -0.2) is 29.8 Å². The van der Waals surface area contributed by atoms with Crippen molar-refractivity contribution >= 4 is 39.8 Å². The molecule has 6 nitrogen and oxygen atoms in total. The van der Waals surface area contributed by atoms with Gasteiger partial charge in [0.15, 0.2) is 0 Å². The van der Waals surface area contributed by atoms with Crippen molar-refractivity contribution in [3.8, 4) is 0 Å². The van der Waals surface area contributed by atoms with E-state index < -0.39 is 5.63 Å². The molecule has 0 bridgehead atoms. The zero-order valence-electron chi connectivity index (χ0n) is 13.1. The molecule has 7 heteroatoms. The molecule has 25 heavy (non-hydrogen) atoms. The van der Waals surface area contributed by atoms with Crippen molar-refractivity contribution in [3.63, 3.8) is 0 Å². The van der Waals surface area contributed by atoms with Gasteiger partial charge < -0.3 is 14.6 Å². The average molecular weight is 354 g/mol. The summed E-state index contributed by atoms with van der Waals surface area (Å²) < 4.78 is 5.20. The maximum Gasteiger partial charge on any atom is 0.360 e. The molecular formula is C18H14N2O4S. The third-order valence-corrected chi connectivity index (χ3v) is 5.03. The number of para-hydroxylation sites is 1. The summed E-state index contributed by atoms with van der Waals surface area (Å²) in [6.07, 6.45) is 0. The SMILES string of the molecule is O=C(Nc1cc2ccccc2oc1=O)C1CN(C(=O)c2cccs2)C1. The molecule has 0 spiro atoms. The summed E-state index contributed by atoms with van der Waals surface area (Å²) in [4.78, 5) is 38.7. The predicted molar refractivity (Wildman–Crippen MR) is 94.8 cm³/mol. The van der Waals surface area contributed by atoms with Crippen molar-refractivity contribution < 1.29 is 14.0 Å². The van der Waals surface area contributed by atoms with Gasteiger partial charge in [0.1, 0.15) is 11.3 Å². The lowest BCUT2D eigenvalue weighted by Gasteiger charge is -2.37. The molecule has 126 valence electrons. The van der Waals surface area contributed by atoms with Gasteiger partial charge in [-0.1, -0.05) is 24.3 Å². The summed E-state index contributed by atoms with van der Waals surface area (Å²) >= 11 is 1.38. The summed E-state index contributed by atoms with van der Waals surface area (Å²) in [5, 5.41) is 5.20. The molecule has 1 fully saturated rings. The second kappa shape index (κ2) is 6.18. The van der Waals surface area contributed by atoms with E-state index in [0.717, 1.165) is 5.39 Å². The second-order valence-corrected chi connectivity index (χ2v) is 6.81. The van der Waals surface area contributed by atoms with E-state index in [2.05, 4.69) is 5.32 Å². The lowest BCUT2D eigenvalue weighted by atomic mass is 9.98. The van der Waals surface area contributed by atoms with Crippen LogP contribution in [0.15, 0.2) is 57.1 Å². The largest absolute Gasteiger partial charge is 0.421 e. The molecule has 0 radical (unpaired) electrons. The Bertz CT molecular complexity index is 1000. The quantitative estimate of drug-likeness (QED) is 0.733. The monoisotopic (exact) mass is 354 g/mol. The van der Waals surface area contributed by atoms with Crippen molar-refractivity contribution in [2.45, 2.75) is 0 Å². The highest BCUT2D eigenvalue weighted by molar-refractivity contribution is 7.12. The van der Waals surface area contributed by atoms with Crippen LogP contribution in [-0.2, 0) is 4.79 Å². The van der Waals surface area contributed by atoms with Crippen molar-refractivity contribution in [1.29, 1.82) is 0 Å². The summed E-state index contributed by atoms with van der Waals surface area (Å²) in [6, 6.07) is 12.3. The number of amides is 2. The Morgan fingerprint density at radius 2 is 1.96 bits per heavy atom. The summed E-state index contributed by atoms with van der Waals surface area (Å²) in [5.41, 5.74) is 0.00601. The number of rotatable bonds is 3. The van der Waals surface area contributed by atoms with E-state index in [9.17, 15) is 14.4 Å². The highest BCUT2D eigenvalue weighted by Crippen LogP contribution is 2.22. The van der Waals surface area contributed by atoms with Crippen LogP contribution in [0.5, 0.6) is 0 Å². The van der Waals surface area contributed by atoms with Gasteiger partial charge >= 0.3 is 5.63 Å². The molecule has 1 aliphatic heterocycles. The minimum absolute atomic E-state index is 0.0655. The third kappa shape index (κ3) is 2.94. The molecule has 3 aromatic rings. The van der Waals surface area contributed by atoms with E-state index in [0.29, 0.717) is 23.5 Å². The van der Waals surface area contributed by atoms with E-state index in [1.807, 2.05) is 17.5 Å². The van der Waals surface area contributed by atoms with Crippen molar-refractivity contribution in [3.05, 3.63) is 63.1 Å². The number of likely N-dealkylation sites (tertiary alicyclic amines) is 1. The normalized spacial score (nSPS) is 14.3. The first-order valence-corrected chi connectivity index (χ1v) is 8.66. The predicted octanol–water partition coefficient (Wildman–Crippen LogP) is 2.57. The van der Waals surface area contributed by atoms with Gasteiger partial charge in [0.25, 0.3) is 5.91 Å². The number of carbonyl (C=O) groups excluding carboxylic acids is 2. The molecule has 0 atom stereocenters. The maximum atomic E-state index is 12.3. The highest BCUT2D eigenvalue weighted by atomic mass is 32.1. The van der Waals surface area contributed by atoms with Gasteiger partial charge in [-0.25, -0.2) is 4.79 Å². The van der Waals surface area contributed by atoms with E-state index in [4.69, 9.17) is 4.42 Å². The molecule has 1 aromatic carbocycles. The first kappa shape index (κ1) is 15.6. The molecule has 3 heterocycles. The van der Waals surface area contributed by atoms with Crippen LogP contribution in [0.3, 0.4) is 0 Å². The highest BCUT2D eigenvalue weighted by Gasteiger charge is 2.36. The summed E-state index contributed by atoms with van der Waals surface area (Å²) in [5.74, 6) is -0.670. The van der Waals surface area contributed by atoms with E-state index >= 15 is 0 Å². The Kier molecular flexibility index (Phi) is 3.85. The summed E-state index contributed by atoms with van der Waals surface area (Å²) in [6.45, 7) is 0.697. The fourth-order valence-corrected chi connectivity index (χ4v) is 3.44. The zero-order chi connectivity index (χ0) is 17.4. The number of carbonyl (C=O) groups is 2. The molecule has 2 aromatic heterocycles. The van der Waals surface area contributed by atoms with Crippen LogP contribution >= 0.6 is 11.3 Å². The molecule has 0 aliphatic carbocycles. The first-order chi connectivity index (χ1) is 12.1. The van der Waals surface area contributed by atoms with Gasteiger partial charge in [0.05, 0.1) is 10.8 Å². The Hall–Kier alpha value is -2.93. The summed E-state index contributed by atoms with van der Waals surface area (Å²) in [7, 11) is 0. The van der Waals surface area contributed by atoms with Gasteiger partial charge in [0, 0.05) is 18.5 Å². The Morgan fingerprint density at radius 1 is 1.16 bits per heavy atom. The van der Waals surface area contributed by atoms with Gasteiger partial charge in [-0.2, -0.15) is 0 Å². The first-order valence-electron chi connectivity index (χ1n) is 7.78. The zero-order valence-corrected chi connectivity index (χ0v) is 13.9. The molecule has 0 unspecified atom stereocenters. The lowest BCUT2D eigenvalue weighted by molar-refractivity contribution is -0.123. The third-order valence-electron chi connectivity index (χ3n) is 4.17. The standard InChI is InChI=1S/C18H14N2O4S/c21-16(12-9-20(10-12)17(22)15-6-3-7-25-15)19-13-8-11-4-1-2-5-14(11)24-18(13)23/h1-8,12H,9-10H2,(H,19,21). The number of thiophene rings is 1. The number of anilines is 1. The Morgan fingerprint density at radius 3 is 2.72 bits per heavy atom. The van der Waals surface area contributed by atoms with Gasteiger partial charge in [-0.05, 0) is 23.6 Å². The number of fused-ring (bicyclic) bond motifs is 1. The van der Waals surface area contributed by atoms with Crippen LogP contribution in [0.2, 0.25) is 0 Å². The van der Waals surface area contributed by atoms with Crippen LogP contribution in [0.4, 0.5) is 5.69 Å². The average Bonchev–Trinajstić information content (AvgIpc) is 3.08. The minimum atomic E-state index is -0.585. The van der Waals surface area contributed by atoms with Gasteiger partial charge in [-0.15, -0.1) is 11.3 Å². The van der Waals surface area contributed by atoms with Gasteiger partial charge in [-0.3, -0.25) is 9.59 Å². The molecule has 1 N–H and O–H groups in total. The second-order valence-electron chi connectivity index (χ2n) is 5.86. The lowest BCUT2D eigenvalue weighted by Crippen LogP contribution is -2.54. The number of nitrogens with one attached hydrogen (secondary N) is 1. The Balaban J connectivity index is 1.43. The fourth-order valence-electron chi connectivity index (χ4n) is 2.75. The number of nitrogens with zero attached hydrogens (tertiary/aromatic N) is 1. The van der Waals surface area contributed by atoms with Crippen molar-refractivity contribution in [2.75, 3.05) is 18.4 Å². The van der Waals surface area contributed by atoms with Gasteiger partial charge in [0.2, 0.25) is 5.91 Å². The molecule has 1 aliphatic rings. The maximum absolute atomic E-state index is 12.3. The smallest absolute Gasteiger partial charge is 0.360 e. The van der Waals surface area contributed by atoms with Crippen LogP contribution < -0.4 is 10.9 Å². The van der Waals surface area contributed by atoms with E-state index in [-0.39, 0.29) is 23.4 Å². The molecule has 4 rings (SSSR count). The van der Waals surface area contributed by atoms with Crippen LogP contribution in [0.25, 0.3) is 11.0 Å². The number of hydrogen-bond donors (Lipinski definition) is 1. The van der Waals surface area contributed by atoms with Crippen LogP contribution in [0.1, 0.15) is 9.67 Å².